The van der Waals surface area contributed by atoms with Gasteiger partial charge in [-0.15, -0.1) is 0 Å². The van der Waals surface area contributed by atoms with Crippen LogP contribution in [0.3, 0.4) is 0 Å². The Morgan fingerprint density at radius 1 is 0.962 bits per heavy atom. The Morgan fingerprint density at radius 3 is 2.31 bits per heavy atom. The van der Waals surface area contributed by atoms with Crippen LogP contribution in [0.15, 0.2) is 48.5 Å². The van der Waals surface area contributed by atoms with Gasteiger partial charge in [-0.2, -0.15) is 0 Å². The molecule has 2 rings (SSSR count). The highest BCUT2D eigenvalue weighted by molar-refractivity contribution is 6.33. The van der Waals surface area contributed by atoms with Crippen LogP contribution < -0.4 is 16.0 Å². The van der Waals surface area contributed by atoms with Crippen LogP contribution in [0.25, 0.3) is 0 Å². The van der Waals surface area contributed by atoms with Crippen molar-refractivity contribution in [1.82, 2.24) is 10.6 Å². The standard InChI is InChI=1S/C19H20ClN3O3/c1-13(24)23-15-8-6-14(7-9-15)12-22-18(25)10-11-21-19(26)16-4-2-3-5-17(16)20/h2-9H,10-12H2,1H3,(H,21,26)(H,22,25)(H,23,24). The van der Waals surface area contributed by atoms with Gasteiger partial charge < -0.3 is 16.0 Å². The monoisotopic (exact) mass is 373 g/mol. The number of anilines is 1. The van der Waals surface area contributed by atoms with E-state index >= 15 is 0 Å². The van der Waals surface area contributed by atoms with Gasteiger partial charge in [-0.1, -0.05) is 35.9 Å². The number of hydrogen-bond acceptors (Lipinski definition) is 3. The molecule has 26 heavy (non-hydrogen) atoms. The molecule has 0 atom stereocenters. The van der Waals surface area contributed by atoms with Crippen molar-refractivity contribution in [3.05, 3.63) is 64.7 Å². The minimum atomic E-state index is -0.308. The molecule has 0 aliphatic carbocycles. The first-order valence-corrected chi connectivity index (χ1v) is 8.49. The molecule has 0 unspecified atom stereocenters. The fourth-order valence-electron chi connectivity index (χ4n) is 2.23. The summed E-state index contributed by atoms with van der Waals surface area (Å²) in [4.78, 5) is 34.8. The summed E-state index contributed by atoms with van der Waals surface area (Å²) < 4.78 is 0. The lowest BCUT2D eigenvalue weighted by atomic mass is 10.2. The van der Waals surface area contributed by atoms with Crippen molar-refractivity contribution in [1.29, 1.82) is 0 Å². The Morgan fingerprint density at radius 2 is 1.65 bits per heavy atom. The zero-order chi connectivity index (χ0) is 18.9. The zero-order valence-corrected chi connectivity index (χ0v) is 15.1. The van der Waals surface area contributed by atoms with Crippen LogP contribution in [0.1, 0.15) is 29.3 Å². The van der Waals surface area contributed by atoms with Crippen LogP contribution in [-0.4, -0.2) is 24.3 Å². The Labute approximate surface area is 156 Å². The molecule has 0 spiro atoms. The molecule has 0 aromatic heterocycles. The zero-order valence-electron chi connectivity index (χ0n) is 14.3. The summed E-state index contributed by atoms with van der Waals surface area (Å²) in [6.45, 7) is 2.04. The van der Waals surface area contributed by atoms with E-state index < -0.39 is 0 Å². The Bertz CT molecular complexity index is 791. The van der Waals surface area contributed by atoms with Gasteiger partial charge >= 0.3 is 0 Å². The average molecular weight is 374 g/mol. The number of nitrogens with one attached hydrogen (secondary N) is 3. The fraction of sp³-hybridized carbons (Fsp3) is 0.211. The summed E-state index contributed by atoms with van der Waals surface area (Å²) in [5.74, 6) is -0.614. The van der Waals surface area contributed by atoms with E-state index in [4.69, 9.17) is 11.6 Å². The summed E-state index contributed by atoms with van der Waals surface area (Å²) >= 11 is 5.95. The third-order valence-electron chi connectivity index (χ3n) is 3.52. The van der Waals surface area contributed by atoms with E-state index in [0.29, 0.717) is 22.8 Å². The summed E-state index contributed by atoms with van der Waals surface area (Å²) in [6, 6.07) is 13.9. The molecule has 3 amide bonds. The van der Waals surface area contributed by atoms with Crippen LogP contribution in [-0.2, 0) is 16.1 Å². The van der Waals surface area contributed by atoms with E-state index in [9.17, 15) is 14.4 Å². The molecule has 0 radical (unpaired) electrons. The van der Waals surface area contributed by atoms with Crippen LogP contribution >= 0.6 is 11.6 Å². The van der Waals surface area contributed by atoms with E-state index in [-0.39, 0.29) is 30.7 Å². The molecule has 0 fully saturated rings. The topological polar surface area (TPSA) is 87.3 Å². The summed E-state index contributed by atoms with van der Waals surface area (Å²) in [7, 11) is 0. The van der Waals surface area contributed by atoms with Crippen molar-refractivity contribution < 1.29 is 14.4 Å². The van der Waals surface area contributed by atoms with E-state index in [1.165, 1.54) is 6.92 Å². The second-order valence-corrected chi connectivity index (χ2v) is 6.05. The molecule has 0 saturated heterocycles. The van der Waals surface area contributed by atoms with E-state index in [1.54, 1.807) is 36.4 Å². The van der Waals surface area contributed by atoms with Crippen LogP contribution in [0, 0.1) is 0 Å². The average Bonchev–Trinajstić information content (AvgIpc) is 2.61. The molecular weight excluding hydrogens is 354 g/mol. The number of carbonyl (C=O) groups is 3. The van der Waals surface area contributed by atoms with Crippen molar-refractivity contribution in [2.75, 3.05) is 11.9 Å². The molecule has 0 aliphatic heterocycles. The lowest BCUT2D eigenvalue weighted by molar-refractivity contribution is -0.121. The van der Waals surface area contributed by atoms with Gasteiger partial charge in [0.25, 0.3) is 5.91 Å². The van der Waals surface area contributed by atoms with Gasteiger partial charge in [-0.25, -0.2) is 0 Å². The highest BCUT2D eigenvalue weighted by Gasteiger charge is 2.09. The highest BCUT2D eigenvalue weighted by Crippen LogP contribution is 2.14. The lowest BCUT2D eigenvalue weighted by Gasteiger charge is -2.08. The molecule has 0 saturated carbocycles. The van der Waals surface area contributed by atoms with Crippen molar-refractivity contribution in [3.63, 3.8) is 0 Å². The molecule has 3 N–H and O–H groups in total. The Balaban J connectivity index is 1.71. The third-order valence-corrected chi connectivity index (χ3v) is 3.85. The molecule has 2 aromatic rings. The largest absolute Gasteiger partial charge is 0.352 e. The van der Waals surface area contributed by atoms with Crippen LogP contribution in [0.4, 0.5) is 5.69 Å². The van der Waals surface area contributed by atoms with Gasteiger partial charge in [-0.3, -0.25) is 14.4 Å². The second kappa shape index (κ2) is 9.58. The maximum atomic E-state index is 12.0. The van der Waals surface area contributed by atoms with Gasteiger partial charge in [0.15, 0.2) is 0 Å². The first-order chi connectivity index (χ1) is 12.5. The number of halogens is 1. The van der Waals surface area contributed by atoms with Crippen LogP contribution in [0.5, 0.6) is 0 Å². The van der Waals surface area contributed by atoms with Crippen molar-refractivity contribution in [3.8, 4) is 0 Å². The lowest BCUT2D eigenvalue weighted by Crippen LogP contribution is -2.30. The van der Waals surface area contributed by atoms with E-state index in [1.807, 2.05) is 12.1 Å². The van der Waals surface area contributed by atoms with Gasteiger partial charge in [0.2, 0.25) is 11.8 Å². The van der Waals surface area contributed by atoms with Crippen molar-refractivity contribution in [2.24, 2.45) is 0 Å². The molecule has 0 aliphatic rings. The molecule has 0 bridgehead atoms. The maximum absolute atomic E-state index is 12.0. The van der Waals surface area contributed by atoms with E-state index in [2.05, 4.69) is 16.0 Å². The molecule has 6 nitrogen and oxygen atoms in total. The van der Waals surface area contributed by atoms with Gasteiger partial charge in [0.05, 0.1) is 10.6 Å². The first-order valence-electron chi connectivity index (χ1n) is 8.11. The van der Waals surface area contributed by atoms with Crippen molar-refractivity contribution >= 4 is 35.0 Å². The van der Waals surface area contributed by atoms with Gasteiger partial charge in [0.1, 0.15) is 0 Å². The second-order valence-electron chi connectivity index (χ2n) is 5.64. The summed E-state index contributed by atoms with van der Waals surface area (Å²) in [5, 5.41) is 8.50. The Hall–Kier alpha value is -2.86. The molecule has 2 aromatic carbocycles. The smallest absolute Gasteiger partial charge is 0.252 e. The Kier molecular flexibility index (Phi) is 7.17. The molecule has 136 valence electrons. The molecule has 0 heterocycles. The number of benzene rings is 2. The number of hydrogen-bond donors (Lipinski definition) is 3. The van der Waals surface area contributed by atoms with E-state index in [0.717, 1.165) is 5.56 Å². The first kappa shape index (κ1) is 19.5. The number of carbonyl (C=O) groups excluding carboxylic acids is 3. The van der Waals surface area contributed by atoms with Crippen molar-refractivity contribution in [2.45, 2.75) is 19.9 Å². The number of rotatable bonds is 7. The van der Waals surface area contributed by atoms with Gasteiger partial charge in [-0.05, 0) is 29.8 Å². The predicted octanol–water partition coefficient (Wildman–Crippen LogP) is 2.73. The normalized spacial score (nSPS) is 10.1. The summed E-state index contributed by atoms with van der Waals surface area (Å²) in [5.41, 5.74) is 2.00. The highest BCUT2D eigenvalue weighted by atomic mass is 35.5. The third kappa shape index (κ3) is 6.22. The minimum Gasteiger partial charge on any atom is -0.352 e. The quantitative estimate of drug-likeness (QED) is 0.697. The summed E-state index contributed by atoms with van der Waals surface area (Å²) in [6.07, 6.45) is 0.167. The predicted molar refractivity (Wildman–Crippen MR) is 101 cm³/mol. The molecule has 7 heteroatoms. The maximum Gasteiger partial charge on any atom is 0.252 e. The SMILES string of the molecule is CC(=O)Nc1ccc(CNC(=O)CCNC(=O)c2ccccc2Cl)cc1. The van der Waals surface area contributed by atoms with Crippen LogP contribution in [0.2, 0.25) is 5.02 Å². The number of amides is 3. The fourth-order valence-corrected chi connectivity index (χ4v) is 2.45. The molecular formula is C19H20ClN3O3. The van der Waals surface area contributed by atoms with Gasteiger partial charge in [0, 0.05) is 32.1 Å². The minimum absolute atomic E-state index is 0.134.